The maximum atomic E-state index is 5.47. The second-order valence-electron chi connectivity index (χ2n) is 4.47. The minimum Gasteiger partial charge on any atom is -0.494 e. The molecule has 0 aliphatic heterocycles. The molecule has 2 nitrogen and oxygen atoms in total. The van der Waals surface area contributed by atoms with Gasteiger partial charge in [-0.25, -0.2) is 0 Å². The van der Waals surface area contributed by atoms with E-state index in [1.165, 1.54) is 17.0 Å². The van der Waals surface area contributed by atoms with Gasteiger partial charge in [0.05, 0.1) is 6.61 Å². The highest BCUT2D eigenvalue weighted by Gasteiger charge is 2.06. The smallest absolute Gasteiger partial charge is 0.119 e. The minimum atomic E-state index is 0.713. The lowest BCUT2D eigenvalue weighted by molar-refractivity contribution is 0.340. The van der Waals surface area contributed by atoms with Crippen molar-refractivity contribution >= 4 is 0 Å². The lowest BCUT2D eigenvalue weighted by atomic mass is 10.1. The lowest BCUT2D eigenvalue weighted by Gasteiger charge is -2.11. The van der Waals surface area contributed by atoms with Crippen LogP contribution < -0.4 is 4.74 Å². The Morgan fingerprint density at radius 1 is 1.00 bits per heavy atom. The molecule has 18 heavy (non-hydrogen) atoms. The number of aromatic nitrogens is 1. The fourth-order valence-electron chi connectivity index (χ4n) is 2.23. The zero-order chi connectivity index (χ0) is 13.0. The number of hydrogen-bond donors (Lipinski definition) is 0. The summed E-state index contributed by atoms with van der Waals surface area (Å²) >= 11 is 0. The van der Waals surface area contributed by atoms with Crippen LogP contribution in [0.4, 0.5) is 0 Å². The SMILES string of the molecule is CCCn1c(C)ccc1-c1ccc(OCC)cc1. The van der Waals surface area contributed by atoms with E-state index in [2.05, 4.69) is 42.7 Å². The summed E-state index contributed by atoms with van der Waals surface area (Å²) in [5, 5.41) is 0. The fraction of sp³-hybridized carbons (Fsp3) is 0.375. The molecule has 0 saturated heterocycles. The molecule has 0 radical (unpaired) electrons. The first-order valence-corrected chi connectivity index (χ1v) is 6.65. The van der Waals surface area contributed by atoms with Gasteiger partial charge >= 0.3 is 0 Å². The first-order chi connectivity index (χ1) is 8.76. The first kappa shape index (κ1) is 12.7. The maximum Gasteiger partial charge on any atom is 0.119 e. The van der Waals surface area contributed by atoms with Crippen LogP contribution in [0.5, 0.6) is 5.75 Å². The summed E-state index contributed by atoms with van der Waals surface area (Å²) in [7, 11) is 0. The maximum absolute atomic E-state index is 5.47. The zero-order valence-electron chi connectivity index (χ0n) is 11.4. The van der Waals surface area contributed by atoms with E-state index in [1.54, 1.807) is 0 Å². The average molecular weight is 243 g/mol. The molecule has 0 atom stereocenters. The quantitative estimate of drug-likeness (QED) is 0.764. The Morgan fingerprint density at radius 3 is 2.33 bits per heavy atom. The summed E-state index contributed by atoms with van der Waals surface area (Å²) in [6.45, 7) is 8.16. The number of hydrogen-bond acceptors (Lipinski definition) is 1. The van der Waals surface area contributed by atoms with E-state index in [0.29, 0.717) is 6.61 Å². The van der Waals surface area contributed by atoms with Gasteiger partial charge in [-0.3, -0.25) is 0 Å². The molecule has 0 N–H and O–H groups in total. The molecule has 2 heteroatoms. The van der Waals surface area contributed by atoms with Gasteiger partial charge in [0.25, 0.3) is 0 Å². The first-order valence-electron chi connectivity index (χ1n) is 6.65. The molecule has 0 fully saturated rings. The molecule has 96 valence electrons. The van der Waals surface area contributed by atoms with Gasteiger partial charge in [0.15, 0.2) is 0 Å². The molecule has 0 bridgehead atoms. The van der Waals surface area contributed by atoms with Gasteiger partial charge in [0.2, 0.25) is 0 Å². The molecule has 1 aromatic carbocycles. The van der Waals surface area contributed by atoms with E-state index in [9.17, 15) is 0 Å². The molecule has 0 aliphatic carbocycles. The molecule has 0 saturated carbocycles. The van der Waals surface area contributed by atoms with Crippen molar-refractivity contribution in [2.45, 2.75) is 33.7 Å². The van der Waals surface area contributed by atoms with E-state index >= 15 is 0 Å². The Kier molecular flexibility index (Phi) is 4.08. The molecule has 1 aromatic heterocycles. The summed E-state index contributed by atoms with van der Waals surface area (Å²) in [6.07, 6.45) is 1.15. The second kappa shape index (κ2) is 5.76. The third-order valence-corrected chi connectivity index (χ3v) is 3.11. The fourth-order valence-corrected chi connectivity index (χ4v) is 2.23. The van der Waals surface area contributed by atoms with Crippen LogP contribution in [0, 0.1) is 6.92 Å². The molecule has 2 aromatic rings. The van der Waals surface area contributed by atoms with Crippen molar-refractivity contribution in [1.29, 1.82) is 0 Å². The standard InChI is InChI=1S/C16H21NO/c1-4-12-17-13(3)6-11-16(17)14-7-9-15(10-8-14)18-5-2/h6-11H,4-5,12H2,1-3H3. The van der Waals surface area contributed by atoms with E-state index in [-0.39, 0.29) is 0 Å². The van der Waals surface area contributed by atoms with Crippen LogP contribution in [0.25, 0.3) is 11.3 Å². The molecule has 1 heterocycles. The number of benzene rings is 1. The summed E-state index contributed by atoms with van der Waals surface area (Å²) in [4.78, 5) is 0. The second-order valence-corrected chi connectivity index (χ2v) is 4.47. The van der Waals surface area contributed by atoms with Gasteiger partial charge in [0.1, 0.15) is 5.75 Å². The highest BCUT2D eigenvalue weighted by atomic mass is 16.5. The highest BCUT2D eigenvalue weighted by Crippen LogP contribution is 2.25. The van der Waals surface area contributed by atoms with Crippen molar-refractivity contribution in [2.24, 2.45) is 0 Å². The molecule has 0 amide bonds. The van der Waals surface area contributed by atoms with Crippen molar-refractivity contribution in [3.63, 3.8) is 0 Å². The number of aryl methyl sites for hydroxylation is 1. The molecular weight excluding hydrogens is 222 g/mol. The van der Waals surface area contributed by atoms with Gasteiger partial charge in [-0.15, -0.1) is 0 Å². The van der Waals surface area contributed by atoms with Crippen LogP contribution in [0.15, 0.2) is 36.4 Å². The van der Waals surface area contributed by atoms with Gasteiger partial charge in [0, 0.05) is 17.9 Å². The van der Waals surface area contributed by atoms with E-state index in [4.69, 9.17) is 4.74 Å². The Bertz CT molecular complexity index is 496. The van der Waals surface area contributed by atoms with Crippen LogP contribution in [0.2, 0.25) is 0 Å². The van der Waals surface area contributed by atoms with Gasteiger partial charge in [-0.2, -0.15) is 0 Å². The van der Waals surface area contributed by atoms with E-state index in [0.717, 1.165) is 18.7 Å². The molecule has 2 rings (SSSR count). The Balaban J connectivity index is 2.30. The van der Waals surface area contributed by atoms with Crippen molar-refractivity contribution in [2.75, 3.05) is 6.61 Å². The van der Waals surface area contributed by atoms with Gasteiger partial charge in [-0.05, 0) is 62.2 Å². The van der Waals surface area contributed by atoms with Crippen molar-refractivity contribution < 1.29 is 4.74 Å². The predicted molar refractivity (Wildman–Crippen MR) is 76.1 cm³/mol. The Morgan fingerprint density at radius 2 is 1.72 bits per heavy atom. The average Bonchev–Trinajstić information content (AvgIpc) is 2.73. The van der Waals surface area contributed by atoms with Crippen LogP contribution in [0.1, 0.15) is 26.0 Å². The molecule has 0 spiro atoms. The van der Waals surface area contributed by atoms with Crippen LogP contribution >= 0.6 is 0 Å². The Labute approximate surface area is 109 Å². The van der Waals surface area contributed by atoms with Crippen LogP contribution in [-0.4, -0.2) is 11.2 Å². The van der Waals surface area contributed by atoms with Gasteiger partial charge < -0.3 is 9.30 Å². The summed E-state index contributed by atoms with van der Waals surface area (Å²) in [5.74, 6) is 0.937. The molecular formula is C16H21NO. The summed E-state index contributed by atoms with van der Waals surface area (Å²) < 4.78 is 7.84. The van der Waals surface area contributed by atoms with Crippen molar-refractivity contribution in [3.8, 4) is 17.0 Å². The number of rotatable bonds is 5. The zero-order valence-corrected chi connectivity index (χ0v) is 11.4. The van der Waals surface area contributed by atoms with E-state index < -0.39 is 0 Å². The summed E-state index contributed by atoms with van der Waals surface area (Å²) in [5.41, 5.74) is 3.86. The van der Waals surface area contributed by atoms with Crippen molar-refractivity contribution in [3.05, 3.63) is 42.1 Å². The monoisotopic (exact) mass is 243 g/mol. The molecule has 0 aliphatic rings. The predicted octanol–water partition coefficient (Wildman–Crippen LogP) is 4.27. The normalized spacial score (nSPS) is 10.6. The largest absolute Gasteiger partial charge is 0.494 e. The van der Waals surface area contributed by atoms with Crippen molar-refractivity contribution in [1.82, 2.24) is 4.57 Å². The van der Waals surface area contributed by atoms with Crippen LogP contribution in [0.3, 0.4) is 0 Å². The number of ether oxygens (including phenoxy) is 1. The van der Waals surface area contributed by atoms with Crippen LogP contribution in [-0.2, 0) is 6.54 Å². The molecule has 0 unspecified atom stereocenters. The van der Waals surface area contributed by atoms with E-state index in [1.807, 2.05) is 19.1 Å². The third-order valence-electron chi connectivity index (χ3n) is 3.11. The Hall–Kier alpha value is -1.70. The third kappa shape index (κ3) is 2.58. The lowest BCUT2D eigenvalue weighted by Crippen LogP contribution is -2.01. The minimum absolute atomic E-state index is 0.713. The number of nitrogens with zero attached hydrogens (tertiary/aromatic N) is 1. The topological polar surface area (TPSA) is 14.2 Å². The van der Waals surface area contributed by atoms with Gasteiger partial charge in [-0.1, -0.05) is 6.92 Å². The summed E-state index contributed by atoms with van der Waals surface area (Å²) in [6, 6.07) is 12.7. The highest BCUT2D eigenvalue weighted by molar-refractivity contribution is 5.61.